The van der Waals surface area contributed by atoms with Gasteiger partial charge in [0.05, 0.1) is 22.0 Å². The molecule has 0 radical (unpaired) electrons. The quantitative estimate of drug-likeness (QED) is 0.742. The first-order valence-corrected chi connectivity index (χ1v) is 10.6. The van der Waals surface area contributed by atoms with E-state index in [0.717, 1.165) is 24.1 Å². The zero-order chi connectivity index (χ0) is 21.3. The highest BCUT2D eigenvalue weighted by atomic mass is 32.2. The van der Waals surface area contributed by atoms with E-state index in [1.54, 1.807) is 0 Å². The van der Waals surface area contributed by atoms with Gasteiger partial charge in [0, 0.05) is 0 Å². The third-order valence-corrected chi connectivity index (χ3v) is 6.70. The first kappa shape index (κ1) is 21.3. The summed E-state index contributed by atoms with van der Waals surface area (Å²) in [4.78, 5) is 11.7. The fourth-order valence-electron chi connectivity index (χ4n) is 3.40. The number of hydrogen-bond acceptors (Lipinski definition) is 3. The fourth-order valence-corrected chi connectivity index (χ4v) is 4.83. The minimum absolute atomic E-state index is 0.581. The fraction of sp³-hybridized carbons (Fsp3) is 0.350. The van der Waals surface area contributed by atoms with Crippen molar-refractivity contribution >= 4 is 15.9 Å². The summed E-state index contributed by atoms with van der Waals surface area (Å²) in [7, 11) is -4.56. The molecule has 1 aliphatic carbocycles. The third-order valence-electron chi connectivity index (χ3n) is 5.10. The molecule has 2 aromatic carbocycles. The van der Waals surface area contributed by atoms with Gasteiger partial charge in [-0.15, -0.1) is 0 Å². The van der Waals surface area contributed by atoms with Gasteiger partial charge in [-0.2, -0.15) is 17.9 Å². The Bertz CT molecular complexity index is 988. The summed E-state index contributed by atoms with van der Waals surface area (Å²) < 4.78 is 66.7. The Morgan fingerprint density at radius 3 is 2.17 bits per heavy atom. The minimum atomic E-state index is -4.83. The van der Waals surface area contributed by atoms with Crippen LogP contribution in [0.2, 0.25) is 0 Å². The number of benzene rings is 2. The summed E-state index contributed by atoms with van der Waals surface area (Å²) in [5, 5.41) is 2.88. The normalized spacial score (nSPS) is 17.2. The summed E-state index contributed by atoms with van der Waals surface area (Å²) in [6, 6.07) is 11.9. The summed E-state index contributed by atoms with van der Waals surface area (Å²) >= 11 is 0. The lowest BCUT2D eigenvalue weighted by molar-refractivity contribution is -0.139. The van der Waals surface area contributed by atoms with Gasteiger partial charge in [-0.05, 0) is 43.9 Å². The zero-order valence-corrected chi connectivity index (χ0v) is 16.5. The zero-order valence-electron chi connectivity index (χ0n) is 15.7. The van der Waals surface area contributed by atoms with Crippen molar-refractivity contribution in [2.75, 3.05) is 0 Å². The number of nitrogens with one attached hydrogen (secondary N) is 2. The molecule has 9 heteroatoms. The molecule has 3 rings (SSSR count). The lowest BCUT2D eigenvalue weighted by atomic mass is 9.71. The number of sulfonamides is 1. The molecule has 1 aliphatic rings. The minimum Gasteiger partial charge on any atom is -0.345 e. The first-order valence-electron chi connectivity index (χ1n) is 9.11. The average Bonchev–Trinajstić information content (AvgIpc) is 2.64. The molecule has 0 aliphatic heterocycles. The Kier molecular flexibility index (Phi) is 5.73. The maximum atomic E-state index is 13.2. The molecule has 0 spiro atoms. The van der Waals surface area contributed by atoms with Crippen LogP contribution in [-0.2, 0) is 26.5 Å². The Labute approximate surface area is 167 Å². The molecule has 0 bridgehead atoms. The van der Waals surface area contributed by atoms with E-state index in [2.05, 4.69) is 10.0 Å². The third kappa shape index (κ3) is 4.45. The lowest BCUT2D eigenvalue weighted by Gasteiger charge is -2.43. The highest BCUT2D eigenvalue weighted by molar-refractivity contribution is 7.89. The molecule has 2 aromatic rings. The number of amides is 1. The van der Waals surface area contributed by atoms with Gasteiger partial charge < -0.3 is 5.32 Å². The van der Waals surface area contributed by atoms with Crippen molar-refractivity contribution in [1.29, 1.82) is 0 Å². The topological polar surface area (TPSA) is 75.3 Å². The lowest BCUT2D eigenvalue weighted by Crippen LogP contribution is -2.56. The van der Waals surface area contributed by atoms with Crippen molar-refractivity contribution < 1.29 is 26.4 Å². The molecule has 29 heavy (non-hydrogen) atoms. The van der Waals surface area contributed by atoms with Crippen LogP contribution in [0.3, 0.4) is 0 Å². The highest BCUT2D eigenvalue weighted by Crippen LogP contribution is 2.41. The van der Waals surface area contributed by atoms with E-state index in [9.17, 15) is 26.4 Å². The van der Waals surface area contributed by atoms with Crippen LogP contribution in [0.5, 0.6) is 0 Å². The van der Waals surface area contributed by atoms with Crippen LogP contribution in [0, 0.1) is 0 Å². The van der Waals surface area contributed by atoms with Gasteiger partial charge >= 0.3 is 6.18 Å². The Hall–Kier alpha value is -2.39. The van der Waals surface area contributed by atoms with Gasteiger partial charge in [-0.1, -0.05) is 42.5 Å². The molecule has 5 nitrogen and oxygen atoms in total. The predicted octanol–water partition coefficient (Wildman–Crippen LogP) is 3.57. The predicted molar refractivity (Wildman–Crippen MR) is 101 cm³/mol. The maximum Gasteiger partial charge on any atom is 0.417 e. The van der Waals surface area contributed by atoms with Crippen molar-refractivity contribution in [2.24, 2.45) is 0 Å². The number of hydrogen-bond donors (Lipinski definition) is 2. The second-order valence-corrected chi connectivity index (χ2v) is 8.81. The van der Waals surface area contributed by atoms with Crippen LogP contribution >= 0.6 is 0 Å². The SMILES string of the molecule is C[C@H](NS(=O)(=O)c1ccccc1C(F)(F)F)C(=O)NC1(c2ccccc2)CCC1. The molecule has 0 heterocycles. The first-order chi connectivity index (χ1) is 13.6. The van der Waals surface area contributed by atoms with Crippen LogP contribution in [-0.4, -0.2) is 20.4 Å². The average molecular weight is 426 g/mol. The van der Waals surface area contributed by atoms with Gasteiger partial charge in [0.25, 0.3) is 0 Å². The van der Waals surface area contributed by atoms with Crippen LogP contribution in [0.1, 0.15) is 37.3 Å². The van der Waals surface area contributed by atoms with Gasteiger partial charge in [-0.3, -0.25) is 4.79 Å². The van der Waals surface area contributed by atoms with Gasteiger partial charge in [0.15, 0.2) is 0 Å². The van der Waals surface area contributed by atoms with Crippen molar-refractivity contribution in [1.82, 2.24) is 10.0 Å². The number of alkyl halides is 3. The van der Waals surface area contributed by atoms with Crippen molar-refractivity contribution in [2.45, 2.75) is 48.8 Å². The van der Waals surface area contributed by atoms with E-state index in [1.165, 1.54) is 13.0 Å². The highest BCUT2D eigenvalue weighted by Gasteiger charge is 2.42. The van der Waals surface area contributed by atoms with Crippen LogP contribution in [0.25, 0.3) is 0 Å². The molecule has 0 unspecified atom stereocenters. The summed E-state index contributed by atoms with van der Waals surface area (Å²) in [5.41, 5.74) is -0.945. The molecule has 156 valence electrons. The van der Waals surface area contributed by atoms with Crippen LogP contribution in [0.15, 0.2) is 59.5 Å². The molecule has 2 N–H and O–H groups in total. The smallest absolute Gasteiger partial charge is 0.345 e. The van der Waals surface area contributed by atoms with Crippen LogP contribution in [0.4, 0.5) is 13.2 Å². The van der Waals surface area contributed by atoms with E-state index in [4.69, 9.17) is 0 Å². The van der Waals surface area contributed by atoms with Crippen molar-refractivity contribution in [3.05, 3.63) is 65.7 Å². The summed E-state index contributed by atoms with van der Waals surface area (Å²) in [6.45, 7) is 1.31. The number of rotatable bonds is 6. The molecular formula is C20H21F3N2O3S. The van der Waals surface area contributed by atoms with Crippen LogP contribution < -0.4 is 10.0 Å². The summed E-state index contributed by atoms with van der Waals surface area (Å²) in [5.74, 6) is -0.596. The van der Waals surface area contributed by atoms with E-state index >= 15 is 0 Å². The summed E-state index contributed by atoms with van der Waals surface area (Å²) in [6.07, 6.45) is -2.51. The number of halogens is 3. The number of carbonyl (C=O) groups excluding carboxylic acids is 1. The Morgan fingerprint density at radius 2 is 1.62 bits per heavy atom. The molecular weight excluding hydrogens is 405 g/mol. The van der Waals surface area contributed by atoms with E-state index in [0.29, 0.717) is 18.9 Å². The Balaban J connectivity index is 1.78. The van der Waals surface area contributed by atoms with E-state index in [-0.39, 0.29) is 0 Å². The molecule has 1 saturated carbocycles. The molecule has 0 aromatic heterocycles. The maximum absolute atomic E-state index is 13.2. The number of carbonyl (C=O) groups is 1. The van der Waals surface area contributed by atoms with Gasteiger partial charge in [0.1, 0.15) is 0 Å². The van der Waals surface area contributed by atoms with Gasteiger partial charge in [-0.25, -0.2) is 8.42 Å². The standard InChI is InChI=1S/C20H21F3N2O3S/c1-14(18(26)24-19(12-7-13-19)15-8-3-2-4-9-15)25-29(27,28)17-11-6-5-10-16(17)20(21,22)23/h2-6,8-11,14,25H,7,12-13H2,1H3,(H,24,26)/t14-/m0/s1. The molecule has 1 atom stereocenters. The molecule has 0 saturated heterocycles. The second kappa shape index (κ2) is 7.79. The van der Waals surface area contributed by atoms with Crippen molar-refractivity contribution in [3.8, 4) is 0 Å². The largest absolute Gasteiger partial charge is 0.417 e. The molecule has 1 fully saturated rings. The Morgan fingerprint density at radius 1 is 1.03 bits per heavy atom. The van der Waals surface area contributed by atoms with Crippen molar-refractivity contribution in [3.63, 3.8) is 0 Å². The monoisotopic (exact) mass is 426 g/mol. The van der Waals surface area contributed by atoms with E-state index < -0.39 is 44.1 Å². The second-order valence-electron chi connectivity index (χ2n) is 7.13. The molecule has 1 amide bonds. The van der Waals surface area contributed by atoms with E-state index in [1.807, 2.05) is 30.3 Å². The van der Waals surface area contributed by atoms with Gasteiger partial charge in [0.2, 0.25) is 15.9 Å².